The fourth-order valence-corrected chi connectivity index (χ4v) is 2.84. The number of fused-ring (bicyclic) bond motifs is 1. The highest BCUT2D eigenvalue weighted by atomic mass is 16.5. The first-order valence-electron chi connectivity index (χ1n) is 6.74. The summed E-state index contributed by atoms with van der Waals surface area (Å²) < 4.78 is 5.52. The van der Waals surface area contributed by atoms with E-state index in [4.69, 9.17) is 4.74 Å². The van der Waals surface area contributed by atoms with Gasteiger partial charge in [-0.15, -0.1) is 0 Å². The van der Waals surface area contributed by atoms with Gasteiger partial charge in [-0.3, -0.25) is 0 Å². The highest BCUT2D eigenvalue weighted by Gasteiger charge is 2.36. The minimum absolute atomic E-state index is 0.641. The Morgan fingerprint density at radius 1 is 1.05 bits per heavy atom. The lowest BCUT2D eigenvalue weighted by Gasteiger charge is -2.23. The highest BCUT2D eigenvalue weighted by molar-refractivity contribution is 5.42. The summed E-state index contributed by atoms with van der Waals surface area (Å²) in [6, 6.07) is 16.1. The van der Waals surface area contributed by atoms with Gasteiger partial charge in [0.05, 0.1) is 12.2 Å². The van der Waals surface area contributed by atoms with E-state index in [9.17, 15) is 5.11 Å². The summed E-state index contributed by atoms with van der Waals surface area (Å²) in [5.74, 6) is 0.824. The lowest BCUT2D eigenvalue weighted by molar-refractivity contribution is 0.0479. The van der Waals surface area contributed by atoms with Gasteiger partial charge in [-0.05, 0) is 35.7 Å². The van der Waals surface area contributed by atoms with Crippen molar-refractivity contribution in [3.8, 4) is 5.75 Å². The van der Waals surface area contributed by atoms with Gasteiger partial charge in [0.15, 0.2) is 0 Å². The van der Waals surface area contributed by atoms with Crippen LogP contribution in [0.5, 0.6) is 5.75 Å². The summed E-state index contributed by atoms with van der Waals surface area (Å²) in [4.78, 5) is 0. The maximum Gasteiger partial charge on any atom is 0.119 e. The molecular formula is C17H18O2. The number of hydrogen-bond donors (Lipinski definition) is 1. The van der Waals surface area contributed by atoms with Crippen molar-refractivity contribution < 1.29 is 9.84 Å². The topological polar surface area (TPSA) is 29.5 Å². The van der Waals surface area contributed by atoms with Crippen molar-refractivity contribution in [3.63, 3.8) is 0 Å². The molecule has 0 aromatic heterocycles. The average Bonchev–Trinajstić information content (AvgIpc) is 2.77. The number of aliphatic hydroxyl groups is 1. The molecule has 0 spiro atoms. The van der Waals surface area contributed by atoms with Gasteiger partial charge in [-0.25, -0.2) is 0 Å². The van der Waals surface area contributed by atoms with Crippen LogP contribution in [0.3, 0.4) is 0 Å². The lowest BCUT2D eigenvalue weighted by Crippen LogP contribution is -2.26. The second-order valence-corrected chi connectivity index (χ2v) is 5.11. The van der Waals surface area contributed by atoms with Crippen LogP contribution in [0.15, 0.2) is 48.5 Å². The summed E-state index contributed by atoms with van der Waals surface area (Å²) >= 11 is 0. The minimum atomic E-state index is -0.795. The molecule has 2 aromatic carbocycles. The number of rotatable bonds is 3. The molecule has 2 heteroatoms. The lowest BCUT2D eigenvalue weighted by atomic mass is 9.91. The van der Waals surface area contributed by atoms with E-state index >= 15 is 0 Å². The summed E-state index contributed by atoms with van der Waals surface area (Å²) in [6.45, 7) is 2.61. The molecule has 0 atom stereocenters. The molecule has 98 valence electrons. The van der Waals surface area contributed by atoms with E-state index in [1.807, 2.05) is 43.3 Å². The highest BCUT2D eigenvalue weighted by Crippen LogP contribution is 2.38. The van der Waals surface area contributed by atoms with Crippen molar-refractivity contribution >= 4 is 0 Å². The standard InChI is InChI=1S/C17H18O2/c1-2-19-16-9-5-8-15(10-16)17(18)11-13-6-3-4-7-14(13)12-17/h3-10,18H,2,11-12H2,1H3. The quantitative estimate of drug-likeness (QED) is 0.912. The predicted octanol–water partition coefficient (Wildman–Crippen LogP) is 3.07. The van der Waals surface area contributed by atoms with E-state index in [2.05, 4.69) is 12.1 Å². The van der Waals surface area contributed by atoms with Gasteiger partial charge in [0.2, 0.25) is 0 Å². The molecule has 0 amide bonds. The Kier molecular flexibility index (Phi) is 3.03. The van der Waals surface area contributed by atoms with Crippen molar-refractivity contribution in [2.45, 2.75) is 25.4 Å². The summed E-state index contributed by atoms with van der Waals surface area (Å²) in [5, 5.41) is 10.9. The molecule has 0 saturated heterocycles. The molecule has 3 rings (SSSR count). The Morgan fingerprint density at radius 2 is 1.74 bits per heavy atom. The van der Waals surface area contributed by atoms with Crippen molar-refractivity contribution in [1.29, 1.82) is 0 Å². The minimum Gasteiger partial charge on any atom is -0.494 e. The van der Waals surface area contributed by atoms with Gasteiger partial charge in [0.1, 0.15) is 5.75 Å². The van der Waals surface area contributed by atoms with Gasteiger partial charge < -0.3 is 9.84 Å². The maximum absolute atomic E-state index is 10.9. The van der Waals surface area contributed by atoms with Crippen LogP contribution in [0.4, 0.5) is 0 Å². The molecule has 1 N–H and O–H groups in total. The Labute approximate surface area is 113 Å². The van der Waals surface area contributed by atoms with Crippen molar-refractivity contribution in [2.75, 3.05) is 6.61 Å². The second kappa shape index (κ2) is 4.71. The van der Waals surface area contributed by atoms with Crippen LogP contribution >= 0.6 is 0 Å². The van der Waals surface area contributed by atoms with Crippen LogP contribution in [0.25, 0.3) is 0 Å². The van der Waals surface area contributed by atoms with Crippen LogP contribution < -0.4 is 4.74 Å². The monoisotopic (exact) mass is 254 g/mol. The van der Waals surface area contributed by atoms with Crippen LogP contribution in [0, 0.1) is 0 Å². The smallest absolute Gasteiger partial charge is 0.119 e. The Balaban J connectivity index is 1.93. The van der Waals surface area contributed by atoms with Gasteiger partial charge in [0, 0.05) is 12.8 Å². The van der Waals surface area contributed by atoms with E-state index in [1.54, 1.807) is 0 Å². The summed E-state index contributed by atoms with van der Waals surface area (Å²) in [7, 11) is 0. The third-order valence-corrected chi connectivity index (χ3v) is 3.77. The Hall–Kier alpha value is -1.80. The van der Waals surface area contributed by atoms with Crippen molar-refractivity contribution in [1.82, 2.24) is 0 Å². The average molecular weight is 254 g/mol. The van der Waals surface area contributed by atoms with Gasteiger partial charge in [-0.2, -0.15) is 0 Å². The molecule has 0 unspecified atom stereocenters. The van der Waals surface area contributed by atoms with Crippen molar-refractivity contribution in [3.05, 3.63) is 65.2 Å². The largest absolute Gasteiger partial charge is 0.494 e. The molecule has 1 aliphatic carbocycles. The molecule has 0 heterocycles. The van der Waals surface area contributed by atoms with E-state index in [0.717, 1.165) is 11.3 Å². The predicted molar refractivity (Wildman–Crippen MR) is 75.4 cm³/mol. The molecule has 0 fully saturated rings. The Bertz CT molecular complexity index is 564. The van der Waals surface area contributed by atoms with E-state index in [-0.39, 0.29) is 0 Å². The van der Waals surface area contributed by atoms with Gasteiger partial charge >= 0.3 is 0 Å². The summed E-state index contributed by atoms with van der Waals surface area (Å²) in [6.07, 6.45) is 1.36. The van der Waals surface area contributed by atoms with E-state index in [1.165, 1.54) is 11.1 Å². The number of benzene rings is 2. The molecule has 2 aromatic rings. The molecule has 19 heavy (non-hydrogen) atoms. The van der Waals surface area contributed by atoms with E-state index in [0.29, 0.717) is 19.4 Å². The Morgan fingerprint density at radius 3 is 2.37 bits per heavy atom. The van der Waals surface area contributed by atoms with E-state index < -0.39 is 5.60 Å². The van der Waals surface area contributed by atoms with Gasteiger partial charge in [0.25, 0.3) is 0 Å². The molecule has 1 aliphatic rings. The van der Waals surface area contributed by atoms with Gasteiger partial charge in [-0.1, -0.05) is 36.4 Å². The van der Waals surface area contributed by atoms with Crippen LogP contribution in [-0.4, -0.2) is 11.7 Å². The van der Waals surface area contributed by atoms with Crippen LogP contribution in [0.2, 0.25) is 0 Å². The molecule has 0 saturated carbocycles. The number of ether oxygens (including phenoxy) is 1. The zero-order valence-corrected chi connectivity index (χ0v) is 11.1. The molecule has 0 bridgehead atoms. The second-order valence-electron chi connectivity index (χ2n) is 5.11. The zero-order valence-electron chi connectivity index (χ0n) is 11.1. The fraction of sp³-hybridized carbons (Fsp3) is 0.294. The molecule has 2 nitrogen and oxygen atoms in total. The van der Waals surface area contributed by atoms with Crippen molar-refractivity contribution in [2.24, 2.45) is 0 Å². The SMILES string of the molecule is CCOc1cccc(C2(O)Cc3ccccc3C2)c1. The molecular weight excluding hydrogens is 236 g/mol. The van der Waals surface area contributed by atoms with Crippen LogP contribution in [-0.2, 0) is 18.4 Å². The first-order chi connectivity index (χ1) is 9.21. The normalized spacial score (nSPS) is 16.1. The molecule has 0 radical (unpaired) electrons. The number of hydrogen-bond acceptors (Lipinski definition) is 2. The maximum atomic E-state index is 10.9. The summed E-state index contributed by atoms with van der Waals surface area (Å²) in [5.41, 5.74) is 2.63. The first kappa shape index (κ1) is 12.2. The first-order valence-corrected chi connectivity index (χ1v) is 6.74. The third-order valence-electron chi connectivity index (χ3n) is 3.77. The zero-order chi connectivity index (χ0) is 13.3. The fourth-order valence-electron chi connectivity index (χ4n) is 2.84. The third kappa shape index (κ3) is 2.24. The van der Waals surface area contributed by atoms with Crippen LogP contribution in [0.1, 0.15) is 23.6 Å². The molecule has 0 aliphatic heterocycles.